The third-order valence-electron chi connectivity index (χ3n) is 8.56. The van der Waals surface area contributed by atoms with Crippen molar-refractivity contribution >= 4 is 5.97 Å². The Hall–Kier alpha value is -1.31. The highest BCUT2D eigenvalue weighted by Gasteiger charge is 2.57. The van der Waals surface area contributed by atoms with Crippen molar-refractivity contribution in [2.45, 2.75) is 78.2 Å². The molecule has 0 amide bonds. The average molecular weight is 355 g/mol. The van der Waals surface area contributed by atoms with Crippen LogP contribution >= 0.6 is 0 Å². The lowest BCUT2D eigenvalue weighted by Gasteiger charge is -2.57. The lowest BCUT2D eigenvalue weighted by atomic mass is 9.48. The summed E-state index contributed by atoms with van der Waals surface area (Å²) in [4.78, 5) is 11.4. The van der Waals surface area contributed by atoms with Gasteiger partial charge in [0.05, 0.1) is 0 Å². The van der Waals surface area contributed by atoms with Crippen molar-refractivity contribution in [1.29, 1.82) is 0 Å². The monoisotopic (exact) mass is 354 g/mol. The predicted octanol–water partition coefficient (Wildman–Crippen LogP) is 5.99. The van der Waals surface area contributed by atoms with Gasteiger partial charge in [0.25, 0.3) is 0 Å². The van der Waals surface area contributed by atoms with Crippen molar-refractivity contribution in [3.05, 3.63) is 36.0 Å². The van der Waals surface area contributed by atoms with Crippen molar-refractivity contribution < 1.29 is 9.53 Å². The van der Waals surface area contributed by atoms with E-state index < -0.39 is 0 Å². The van der Waals surface area contributed by atoms with E-state index in [0.29, 0.717) is 10.8 Å². The molecule has 3 saturated carbocycles. The lowest BCUT2D eigenvalue weighted by Crippen LogP contribution is -2.49. The summed E-state index contributed by atoms with van der Waals surface area (Å²) < 4.78 is 5.55. The molecule has 0 aromatic rings. The Balaban J connectivity index is 1.60. The fourth-order valence-corrected chi connectivity index (χ4v) is 7.23. The second kappa shape index (κ2) is 6.39. The molecule has 4 rings (SSSR count). The van der Waals surface area contributed by atoms with E-state index >= 15 is 0 Å². The number of carbonyl (C=O) groups is 1. The molecule has 3 fully saturated rings. The summed E-state index contributed by atoms with van der Waals surface area (Å²) >= 11 is 0. The van der Waals surface area contributed by atoms with Crippen LogP contribution in [-0.2, 0) is 9.53 Å². The molecule has 0 saturated heterocycles. The molecule has 0 aromatic carbocycles. The summed E-state index contributed by atoms with van der Waals surface area (Å²) in [5.41, 5.74) is 3.95. The van der Waals surface area contributed by atoms with Crippen molar-refractivity contribution in [2.24, 2.45) is 28.6 Å². The topological polar surface area (TPSA) is 26.3 Å². The van der Waals surface area contributed by atoms with Crippen molar-refractivity contribution in [1.82, 2.24) is 0 Å². The first-order valence-corrected chi connectivity index (χ1v) is 10.6. The highest BCUT2D eigenvalue weighted by atomic mass is 16.5. The number of esters is 1. The highest BCUT2D eigenvalue weighted by Crippen LogP contribution is 2.66. The van der Waals surface area contributed by atoms with E-state index in [0.717, 1.165) is 30.6 Å². The van der Waals surface area contributed by atoms with Gasteiger partial charge in [-0.15, -0.1) is 0 Å². The standard InChI is InChI=1S/C24H34O2/c1-5-6-17-8-10-21-20-9-7-18-15-19(26-16(2)25)11-13-24(18,4)22(20)12-14-23(17,21)3/h5-7,19-22H,1,8-15H2,2-4H3/b17-6-/t19-,20+,21+,22+,23-,24-/m0/s1. The Morgan fingerprint density at radius 1 is 1.19 bits per heavy atom. The van der Waals surface area contributed by atoms with Crippen molar-refractivity contribution in [3.63, 3.8) is 0 Å². The van der Waals surface area contributed by atoms with Crippen LogP contribution in [0, 0.1) is 28.6 Å². The van der Waals surface area contributed by atoms with Crippen LogP contribution in [0.1, 0.15) is 72.1 Å². The molecule has 0 unspecified atom stereocenters. The zero-order valence-electron chi connectivity index (χ0n) is 16.7. The summed E-state index contributed by atoms with van der Waals surface area (Å²) in [7, 11) is 0. The van der Waals surface area contributed by atoms with Gasteiger partial charge >= 0.3 is 5.97 Å². The molecule has 0 spiro atoms. The second-order valence-electron chi connectivity index (χ2n) is 9.66. The number of hydrogen-bond acceptors (Lipinski definition) is 2. The smallest absolute Gasteiger partial charge is 0.302 e. The zero-order valence-corrected chi connectivity index (χ0v) is 16.7. The molecule has 6 atom stereocenters. The Kier molecular flexibility index (Phi) is 4.44. The molecule has 0 radical (unpaired) electrons. The van der Waals surface area contributed by atoms with Gasteiger partial charge < -0.3 is 4.74 Å². The summed E-state index contributed by atoms with van der Waals surface area (Å²) in [6.45, 7) is 10.5. The van der Waals surface area contributed by atoms with Gasteiger partial charge in [0.15, 0.2) is 0 Å². The van der Waals surface area contributed by atoms with Gasteiger partial charge in [-0.3, -0.25) is 4.79 Å². The molecular weight excluding hydrogens is 320 g/mol. The molecule has 4 aliphatic carbocycles. The molecule has 0 N–H and O–H groups in total. The second-order valence-corrected chi connectivity index (χ2v) is 9.66. The molecule has 2 nitrogen and oxygen atoms in total. The molecule has 4 aliphatic rings. The van der Waals surface area contributed by atoms with E-state index in [1.165, 1.54) is 45.4 Å². The van der Waals surface area contributed by atoms with E-state index in [1.54, 1.807) is 11.1 Å². The Bertz CT molecular complexity index is 672. The van der Waals surface area contributed by atoms with Gasteiger partial charge in [0.1, 0.15) is 6.10 Å². The summed E-state index contributed by atoms with van der Waals surface area (Å²) in [6.07, 6.45) is 16.6. The molecule has 142 valence electrons. The first-order chi connectivity index (χ1) is 12.4. The quantitative estimate of drug-likeness (QED) is 0.449. The van der Waals surface area contributed by atoms with Crippen LogP contribution in [-0.4, -0.2) is 12.1 Å². The normalized spacial score (nSPS) is 46.0. The molecule has 0 heterocycles. The fraction of sp³-hybridized carbons (Fsp3) is 0.708. The van der Waals surface area contributed by atoms with Crippen LogP contribution in [0.4, 0.5) is 0 Å². The minimum Gasteiger partial charge on any atom is -0.462 e. The first kappa shape index (κ1) is 18.1. The van der Waals surface area contributed by atoms with Gasteiger partial charge in [-0.05, 0) is 73.5 Å². The number of hydrogen-bond donors (Lipinski definition) is 0. The number of carbonyl (C=O) groups excluding carboxylic acids is 1. The fourth-order valence-electron chi connectivity index (χ4n) is 7.23. The van der Waals surface area contributed by atoms with Gasteiger partial charge in [-0.25, -0.2) is 0 Å². The van der Waals surface area contributed by atoms with Crippen LogP contribution in [0.2, 0.25) is 0 Å². The van der Waals surface area contributed by atoms with E-state index in [2.05, 4.69) is 32.6 Å². The van der Waals surface area contributed by atoms with Gasteiger partial charge in [-0.1, -0.05) is 49.8 Å². The van der Waals surface area contributed by atoms with Gasteiger partial charge in [0, 0.05) is 13.3 Å². The van der Waals surface area contributed by atoms with E-state index in [1.807, 2.05) is 6.08 Å². The minimum absolute atomic E-state index is 0.103. The summed E-state index contributed by atoms with van der Waals surface area (Å²) in [5, 5.41) is 0. The van der Waals surface area contributed by atoms with Crippen LogP contribution in [0.5, 0.6) is 0 Å². The number of fused-ring (bicyclic) bond motifs is 5. The zero-order chi connectivity index (χ0) is 18.5. The van der Waals surface area contributed by atoms with Crippen molar-refractivity contribution in [2.75, 3.05) is 0 Å². The number of allylic oxidation sites excluding steroid dienone is 4. The first-order valence-electron chi connectivity index (χ1n) is 10.6. The molecule has 2 heteroatoms. The van der Waals surface area contributed by atoms with Crippen LogP contribution in [0.15, 0.2) is 36.0 Å². The minimum atomic E-state index is -0.131. The molecule has 0 bridgehead atoms. The Morgan fingerprint density at radius 2 is 1.92 bits per heavy atom. The summed E-state index contributed by atoms with van der Waals surface area (Å²) in [5.74, 6) is 2.33. The molecule has 26 heavy (non-hydrogen) atoms. The average Bonchev–Trinajstić information content (AvgIpc) is 2.92. The van der Waals surface area contributed by atoms with Gasteiger partial charge in [-0.2, -0.15) is 0 Å². The Labute approximate surface area is 158 Å². The third-order valence-corrected chi connectivity index (χ3v) is 8.56. The Morgan fingerprint density at radius 3 is 2.65 bits per heavy atom. The molecule has 0 aromatic heterocycles. The highest BCUT2D eigenvalue weighted by molar-refractivity contribution is 5.66. The number of ether oxygens (including phenoxy) is 1. The number of rotatable bonds is 2. The largest absolute Gasteiger partial charge is 0.462 e. The maximum Gasteiger partial charge on any atom is 0.302 e. The van der Waals surface area contributed by atoms with Gasteiger partial charge in [0.2, 0.25) is 0 Å². The van der Waals surface area contributed by atoms with E-state index in [-0.39, 0.29) is 12.1 Å². The van der Waals surface area contributed by atoms with Crippen molar-refractivity contribution in [3.8, 4) is 0 Å². The maximum atomic E-state index is 11.4. The lowest BCUT2D eigenvalue weighted by molar-refractivity contribution is -0.148. The SMILES string of the molecule is C=C/C=C1/CC[C@@H]2[C@H]3CC=C4C[C@@H](OC(C)=O)CC[C@]4(C)[C@@H]3CC[C@@]12C. The molecule has 0 aliphatic heterocycles. The molecular formula is C24H34O2. The maximum absolute atomic E-state index is 11.4. The van der Waals surface area contributed by atoms with Crippen LogP contribution in [0.25, 0.3) is 0 Å². The predicted molar refractivity (Wildman–Crippen MR) is 106 cm³/mol. The summed E-state index contributed by atoms with van der Waals surface area (Å²) in [6, 6.07) is 0. The van der Waals surface area contributed by atoms with Crippen LogP contribution < -0.4 is 0 Å². The van der Waals surface area contributed by atoms with E-state index in [4.69, 9.17) is 4.74 Å². The van der Waals surface area contributed by atoms with E-state index in [9.17, 15) is 4.79 Å². The van der Waals surface area contributed by atoms with Crippen LogP contribution in [0.3, 0.4) is 0 Å². The third kappa shape index (κ3) is 2.63.